The van der Waals surface area contributed by atoms with Gasteiger partial charge in [0.25, 0.3) is 0 Å². The van der Waals surface area contributed by atoms with E-state index >= 15 is 0 Å². The van der Waals surface area contributed by atoms with Crippen molar-refractivity contribution in [3.8, 4) is 0 Å². The third-order valence-electron chi connectivity index (χ3n) is 5.17. The van der Waals surface area contributed by atoms with Crippen LogP contribution in [0.3, 0.4) is 0 Å². The minimum atomic E-state index is -0.0629. The van der Waals surface area contributed by atoms with Crippen LogP contribution in [-0.2, 0) is 6.42 Å². The lowest BCUT2D eigenvalue weighted by Crippen LogP contribution is -2.39. The highest BCUT2D eigenvalue weighted by Gasteiger charge is 2.14. The fraction of sp³-hybridized carbons (Fsp3) is 0.550. The number of urea groups is 1. The smallest absolute Gasteiger partial charge is 0.314 e. The van der Waals surface area contributed by atoms with Gasteiger partial charge in [-0.3, -0.25) is 0 Å². The molecule has 0 aliphatic carbocycles. The minimum Gasteiger partial charge on any atom is -0.361 e. The molecule has 0 spiro atoms. The van der Waals surface area contributed by atoms with Gasteiger partial charge in [-0.15, -0.1) is 0 Å². The zero-order valence-electron chi connectivity index (χ0n) is 15.2. The fourth-order valence-electron chi connectivity index (χ4n) is 3.50. The van der Waals surface area contributed by atoms with E-state index in [-0.39, 0.29) is 6.03 Å². The summed E-state index contributed by atoms with van der Waals surface area (Å²) in [4.78, 5) is 17.7. The third-order valence-corrected chi connectivity index (χ3v) is 5.17. The predicted octanol–water partition coefficient (Wildman–Crippen LogP) is 3.13. The highest BCUT2D eigenvalue weighted by atomic mass is 16.2. The van der Waals surface area contributed by atoms with E-state index in [2.05, 4.69) is 39.6 Å². The summed E-state index contributed by atoms with van der Waals surface area (Å²) in [6.45, 7) is 7.22. The Kier molecular flexibility index (Phi) is 6.34. The summed E-state index contributed by atoms with van der Waals surface area (Å²) < 4.78 is 0. The number of H-pyrrole nitrogens is 1. The highest BCUT2D eigenvalue weighted by Crippen LogP contribution is 2.17. The first kappa shape index (κ1) is 17.8. The molecule has 5 heteroatoms. The number of carbonyl (C=O) groups excluding carboxylic acids is 1. The number of aromatic nitrogens is 1. The Labute approximate surface area is 150 Å². The zero-order chi connectivity index (χ0) is 17.5. The van der Waals surface area contributed by atoms with Gasteiger partial charge in [-0.25, -0.2) is 4.79 Å². The van der Waals surface area contributed by atoms with Crippen LogP contribution in [0, 0.1) is 5.92 Å². The molecule has 1 aliphatic heterocycles. The molecule has 1 aromatic heterocycles. The molecule has 0 bridgehead atoms. The molecule has 0 radical (unpaired) electrons. The standard InChI is InChI=1S/C20H30N4O/c1-16-8-13-24(14-9-16)12-4-10-21-20(25)22-11-7-17-15-23-19-6-3-2-5-18(17)19/h2-3,5-6,15-16,23H,4,7-14H2,1H3,(H2,21,22,25). The fourth-order valence-corrected chi connectivity index (χ4v) is 3.50. The van der Waals surface area contributed by atoms with Gasteiger partial charge in [0.1, 0.15) is 0 Å². The molecular formula is C20H30N4O. The molecular weight excluding hydrogens is 312 g/mol. The van der Waals surface area contributed by atoms with Crippen LogP contribution in [-0.4, -0.2) is 48.6 Å². The van der Waals surface area contributed by atoms with Crippen molar-refractivity contribution in [1.82, 2.24) is 20.5 Å². The van der Waals surface area contributed by atoms with Crippen molar-refractivity contribution < 1.29 is 4.79 Å². The molecule has 2 amide bonds. The minimum absolute atomic E-state index is 0.0629. The first-order valence-electron chi connectivity index (χ1n) is 9.51. The monoisotopic (exact) mass is 342 g/mol. The number of amides is 2. The third kappa shape index (κ3) is 5.23. The normalized spacial score (nSPS) is 16.2. The van der Waals surface area contributed by atoms with E-state index in [4.69, 9.17) is 0 Å². The molecule has 136 valence electrons. The van der Waals surface area contributed by atoms with Crippen LogP contribution < -0.4 is 10.6 Å². The lowest BCUT2D eigenvalue weighted by molar-refractivity contribution is 0.190. The molecule has 1 aliphatic rings. The van der Waals surface area contributed by atoms with Crippen LogP contribution in [0.15, 0.2) is 30.5 Å². The number of piperidine rings is 1. The number of likely N-dealkylation sites (tertiary alicyclic amines) is 1. The molecule has 0 saturated carbocycles. The summed E-state index contributed by atoms with van der Waals surface area (Å²) in [6, 6.07) is 8.19. The average molecular weight is 342 g/mol. The van der Waals surface area contributed by atoms with Crippen LogP contribution in [0.2, 0.25) is 0 Å². The van der Waals surface area contributed by atoms with Crippen molar-refractivity contribution in [2.75, 3.05) is 32.7 Å². The second-order valence-electron chi connectivity index (χ2n) is 7.17. The topological polar surface area (TPSA) is 60.2 Å². The summed E-state index contributed by atoms with van der Waals surface area (Å²) >= 11 is 0. The largest absolute Gasteiger partial charge is 0.361 e. The van der Waals surface area contributed by atoms with Gasteiger partial charge in [-0.1, -0.05) is 25.1 Å². The van der Waals surface area contributed by atoms with E-state index in [9.17, 15) is 4.79 Å². The SMILES string of the molecule is CC1CCN(CCCNC(=O)NCCc2c[nH]c3ccccc23)CC1. The number of benzene rings is 1. The van der Waals surface area contributed by atoms with E-state index in [0.29, 0.717) is 6.54 Å². The second-order valence-corrected chi connectivity index (χ2v) is 7.17. The van der Waals surface area contributed by atoms with Gasteiger partial charge in [-0.2, -0.15) is 0 Å². The maximum Gasteiger partial charge on any atom is 0.314 e. The number of carbonyl (C=O) groups is 1. The molecule has 25 heavy (non-hydrogen) atoms. The van der Waals surface area contributed by atoms with Crippen LogP contribution in [0.1, 0.15) is 31.7 Å². The summed E-state index contributed by atoms with van der Waals surface area (Å²) in [5, 5.41) is 7.15. The van der Waals surface area contributed by atoms with Crippen molar-refractivity contribution in [3.63, 3.8) is 0 Å². The van der Waals surface area contributed by atoms with E-state index in [0.717, 1.165) is 37.4 Å². The Bertz CT molecular complexity index is 673. The zero-order valence-corrected chi connectivity index (χ0v) is 15.2. The summed E-state index contributed by atoms with van der Waals surface area (Å²) in [5.74, 6) is 0.873. The number of aromatic amines is 1. The number of para-hydroxylation sites is 1. The van der Waals surface area contributed by atoms with Crippen molar-refractivity contribution in [2.45, 2.75) is 32.6 Å². The Morgan fingerprint density at radius 1 is 1.20 bits per heavy atom. The summed E-state index contributed by atoms with van der Waals surface area (Å²) in [7, 11) is 0. The lowest BCUT2D eigenvalue weighted by atomic mass is 9.99. The molecule has 2 heterocycles. The quantitative estimate of drug-likeness (QED) is 0.677. The number of fused-ring (bicyclic) bond motifs is 1. The molecule has 3 rings (SSSR count). The molecule has 0 atom stereocenters. The van der Waals surface area contributed by atoms with Crippen LogP contribution in [0.4, 0.5) is 4.79 Å². The number of nitrogens with one attached hydrogen (secondary N) is 3. The first-order valence-corrected chi connectivity index (χ1v) is 9.51. The van der Waals surface area contributed by atoms with Crippen LogP contribution >= 0.6 is 0 Å². The molecule has 1 fully saturated rings. The Hall–Kier alpha value is -2.01. The molecule has 2 aromatic rings. The van der Waals surface area contributed by atoms with Crippen LogP contribution in [0.25, 0.3) is 10.9 Å². The number of nitrogens with zero attached hydrogens (tertiary/aromatic N) is 1. The van der Waals surface area contributed by atoms with Gasteiger partial charge in [0.2, 0.25) is 0 Å². The van der Waals surface area contributed by atoms with E-state index in [1.165, 1.54) is 36.9 Å². The maximum atomic E-state index is 11.9. The molecule has 3 N–H and O–H groups in total. The highest BCUT2D eigenvalue weighted by molar-refractivity contribution is 5.83. The number of hydrogen-bond donors (Lipinski definition) is 3. The molecule has 1 aromatic carbocycles. The molecule has 5 nitrogen and oxygen atoms in total. The van der Waals surface area contributed by atoms with Crippen molar-refractivity contribution >= 4 is 16.9 Å². The van der Waals surface area contributed by atoms with Crippen molar-refractivity contribution in [1.29, 1.82) is 0 Å². The van der Waals surface area contributed by atoms with Crippen LogP contribution in [0.5, 0.6) is 0 Å². The first-order chi connectivity index (χ1) is 12.2. The van der Waals surface area contributed by atoms with Gasteiger partial charge < -0.3 is 20.5 Å². The van der Waals surface area contributed by atoms with Gasteiger partial charge >= 0.3 is 6.03 Å². The lowest BCUT2D eigenvalue weighted by Gasteiger charge is -2.30. The predicted molar refractivity (Wildman–Crippen MR) is 103 cm³/mol. The number of rotatable bonds is 7. The van der Waals surface area contributed by atoms with E-state index < -0.39 is 0 Å². The van der Waals surface area contributed by atoms with Crippen molar-refractivity contribution in [2.24, 2.45) is 5.92 Å². The maximum absolute atomic E-state index is 11.9. The summed E-state index contributed by atoms with van der Waals surface area (Å²) in [5.41, 5.74) is 2.39. The molecule has 0 unspecified atom stereocenters. The average Bonchev–Trinajstić information content (AvgIpc) is 3.04. The van der Waals surface area contributed by atoms with Gasteiger partial charge in [-0.05, 0) is 62.9 Å². The van der Waals surface area contributed by atoms with Gasteiger partial charge in [0.05, 0.1) is 0 Å². The summed E-state index contributed by atoms with van der Waals surface area (Å²) in [6.07, 6.45) is 6.50. The van der Waals surface area contributed by atoms with Gasteiger partial charge in [0, 0.05) is 30.2 Å². The Balaban J connectivity index is 1.28. The van der Waals surface area contributed by atoms with E-state index in [1.807, 2.05) is 18.3 Å². The Morgan fingerprint density at radius 3 is 2.80 bits per heavy atom. The molecule has 1 saturated heterocycles. The Morgan fingerprint density at radius 2 is 1.96 bits per heavy atom. The van der Waals surface area contributed by atoms with Crippen molar-refractivity contribution in [3.05, 3.63) is 36.0 Å². The van der Waals surface area contributed by atoms with Gasteiger partial charge in [0.15, 0.2) is 0 Å². The van der Waals surface area contributed by atoms with E-state index in [1.54, 1.807) is 0 Å². The number of hydrogen-bond acceptors (Lipinski definition) is 2. The second kappa shape index (κ2) is 8.90.